The third kappa shape index (κ3) is 7.30. The predicted octanol–water partition coefficient (Wildman–Crippen LogP) is 5.28. The minimum absolute atomic E-state index is 0.156. The third-order valence-electron chi connectivity index (χ3n) is 6.12. The molecule has 41 heavy (non-hydrogen) atoms. The normalized spacial score (nSPS) is 11.8. The summed E-state index contributed by atoms with van der Waals surface area (Å²) in [4.78, 5) is 54.9. The van der Waals surface area contributed by atoms with E-state index in [0.29, 0.717) is 0 Å². The second kappa shape index (κ2) is 12.4. The number of methoxy groups -OCH3 is 1. The van der Waals surface area contributed by atoms with Gasteiger partial charge in [0.05, 0.1) is 29.6 Å². The number of carbonyl (C=O) groups excluding carboxylic acids is 4. The van der Waals surface area contributed by atoms with E-state index >= 15 is 0 Å². The SMILES string of the molecule is COC(=O)c1ccccc1NC(=O)c1ccccc1NC(=O)C(Cc1c[nH]c2ccccc12)NC(=O)OC(C)(C)C. The number of rotatable bonds is 8. The minimum atomic E-state index is -1.03. The second-order valence-electron chi connectivity index (χ2n) is 10.3. The number of fused-ring (bicyclic) bond motifs is 1. The zero-order valence-corrected chi connectivity index (χ0v) is 23.2. The predicted molar refractivity (Wildman–Crippen MR) is 156 cm³/mol. The number of aromatic amines is 1. The van der Waals surface area contributed by atoms with E-state index < -0.39 is 35.5 Å². The minimum Gasteiger partial charge on any atom is -0.465 e. The van der Waals surface area contributed by atoms with Crippen molar-refractivity contribution in [3.63, 3.8) is 0 Å². The van der Waals surface area contributed by atoms with E-state index in [-0.39, 0.29) is 28.9 Å². The maximum Gasteiger partial charge on any atom is 0.408 e. The molecule has 1 atom stereocenters. The monoisotopic (exact) mass is 556 g/mol. The molecule has 3 aromatic carbocycles. The van der Waals surface area contributed by atoms with Crippen LogP contribution in [-0.2, 0) is 20.7 Å². The molecule has 3 amide bonds. The van der Waals surface area contributed by atoms with Crippen molar-refractivity contribution >= 4 is 46.2 Å². The Hall–Kier alpha value is -5.12. The molecule has 0 aliphatic heterocycles. The highest BCUT2D eigenvalue weighted by atomic mass is 16.6. The molecule has 1 aromatic heterocycles. The number of nitrogens with one attached hydrogen (secondary N) is 4. The molecule has 0 aliphatic rings. The van der Waals surface area contributed by atoms with Crippen molar-refractivity contribution in [2.75, 3.05) is 17.7 Å². The number of aromatic nitrogens is 1. The van der Waals surface area contributed by atoms with E-state index in [9.17, 15) is 19.2 Å². The number of alkyl carbamates (subject to hydrolysis) is 1. The van der Waals surface area contributed by atoms with Gasteiger partial charge in [0.1, 0.15) is 11.6 Å². The molecule has 1 heterocycles. The number of para-hydroxylation sites is 3. The molecule has 1 unspecified atom stereocenters. The van der Waals surface area contributed by atoms with Crippen LogP contribution in [0.3, 0.4) is 0 Å². The lowest BCUT2D eigenvalue weighted by Gasteiger charge is -2.23. The van der Waals surface area contributed by atoms with Crippen LogP contribution >= 0.6 is 0 Å². The molecule has 212 valence electrons. The maximum absolute atomic E-state index is 13.6. The van der Waals surface area contributed by atoms with Crippen LogP contribution in [0.15, 0.2) is 79.0 Å². The number of H-pyrrole nitrogens is 1. The van der Waals surface area contributed by atoms with Crippen LogP contribution in [0.1, 0.15) is 47.1 Å². The van der Waals surface area contributed by atoms with Crippen LogP contribution in [0.25, 0.3) is 10.9 Å². The van der Waals surface area contributed by atoms with Crippen molar-refractivity contribution in [2.45, 2.75) is 38.8 Å². The van der Waals surface area contributed by atoms with E-state index in [1.54, 1.807) is 69.4 Å². The van der Waals surface area contributed by atoms with Gasteiger partial charge < -0.3 is 30.4 Å². The highest BCUT2D eigenvalue weighted by Gasteiger charge is 2.27. The summed E-state index contributed by atoms with van der Waals surface area (Å²) in [6, 6.07) is 19.5. The zero-order chi connectivity index (χ0) is 29.6. The van der Waals surface area contributed by atoms with Gasteiger partial charge in [-0.25, -0.2) is 9.59 Å². The summed E-state index contributed by atoms with van der Waals surface area (Å²) in [5.41, 5.74) is 1.77. The highest BCUT2D eigenvalue weighted by Crippen LogP contribution is 2.23. The van der Waals surface area contributed by atoms with Gasteiger partial charge in [0.15, 0.2) is 0 Å². The quantitative estimate of drug-likeness (QED) is 0.218. The fourth-order valence-corrected chi connectivity index (χ4v) is 4.26. The maximum atomic E-state index is 13.6. The van der Waals surface area contributed by atoms with Gasteiger partial charge in [-0.1, -0.05) is 42.5 Å². The molecule has 0 saturated heterocycles. The van der Waals surface area contributed by atoms with Crippen LogP contribution < -0.4 is 16.0 Å². The first-order chi connectivity index (χ1) is 19.6. The van der Waals surface area contributed by atoms with Crippen LogP contribution in [0.4, 0.5) is 16.2 Å². The van der Waals surface area contributed by atoms with Gasteiger partial charge in [-0.15, -0.1) is 0 Å². The third-order valence-corrected chi connectivity index (χ3v) is 6.12. The number of hydrogen-bond acceptors (Lipinski definition) is 6. The second-order valence-corrected chi connectivity index (χ2v) is 10.3. The molecule has 0 bridgehead atoms. The van der Waals surface area contributed by atoms with Crippen molar-refractivity contribution in [2.24, 2.45) is 0 Å². The zero-order valence-electron chi connectivity index (χ0n) is 23.2. The molecule has 0 spiro atoms. The lowest BCUT2D eigenvalue weighted by molar-refractivity contribution is -0.118. The Balaban J connectivity index is 1.59. The van der Waals surface area contributed by atoms with Gasteiger partial charge in [-0.05, 0) is 56.7 Å². The number of carbonyl (C=O) groups is 4. The number of esters is 1. The van der Waals surface area contributed by atoms with Crippen LogP contribution in [0.2, 0.25) is 0 Å². The first kappa shape index (κ1) is 28.9. The first-order valence-corrected chi connectivity index (χ1v) is 13.0. The average Bonchev–Trinajstić information content (AvgIpc) is 3.34. The van der Waals surface area contributed by atoms with E-state index in [0.717, 1.165) is 16.5 Å². The van der Waals surface area contributed by atoms with Crippen molar-refractivity contribution in [3.8, 4) is 0 Å². The van der Waals surface area contributed by atoms with Crippen LogP contribution in [0, 0.1) is 0 Å². The molecular formula is C31H32N4O6. The van der Waals surface area contributed by atoms with Crippen molar-refractivity contribution in [1.29, 1.82) is 0 Å². The van der Waals surface area contributed by atoms with E-state index in [2.05, 4.69) is 20.9 Å². The Morgan fingerprint density at radius 3 is 2.12 bits per heavy atom. The van der Waals surface area contributed by atoms with E-state index in [4.69, 9.17) is 9.47 Å². The summed E-state index contributed by atoms with van der Waals surface area (Å²) in [5, 5.41) is 9.09. The van der Waals surface area contributed by atoms with E-state index in [1.165, 1.54) is 13.2 Å². The smallest absolute Gasteiger partial charge is 0.408 e. The Bertz CT molecular complexity index is 1590. The van der Waals surface area contributed by atoms with Crippen LogP contribution in [0.5, 0.6) is 0 Å². The highest BCUT2D eigenvalue weighted by molar-refractivity contribution is 6.12. The van der Waals surface area contributed by atoms with Crippen molar-refractivity contribution < 1.29 is 28.7 Å². The van der Waals surface area contributed by atoms with Gasteiger partial charge in [0, 0.05) is 23.5 Å². The Morgan fingerprint density at radius 2 is 1.44 bits per heavy atom. The molecule has 0 fully saturated rings. The van der Waals surface area contributed by atoms with Gasteiger partial charge in [-0.2, -0.15) is 0 Å². The summed E-state index contributed by atoms with van der Waals surface area (Å²) in [7, 11) is 1.25. The Morgan fingerprint density at radius 1 is 0.829 bits per heavy atom. The molecule has 10 heteroatoms. The summed E-state index contributed by atoms with van der Waals surface area (Å²) < 4.78 is 10.2. The fourth-order valence-electron chi connectivity index (χ4n) is 4.26. The van der Waals surface area contributed by atoms with Gasteiger partial charge in [0.25, 0.3) is 5.91 Å². The van der Waals surface area contributed by atoms with Crippen molar-refractivity contribution in [3.05, 3.63) is 95.7 Å². The summed E-state index contributed by atoms with van der Waals surface area (Å²) in [6.45, 7) is 5.19. The molecule has 0 saturated carbocycles. The Kier molecular flexibility index (Phi) is 8.72. The molecule has 4 N–H and O–H groups in total. The molecular weight excluding hydrogens is 524 g/mol. The number of amides is 3. The summed E-state index contributed by atoms with van der Waals surface area (Å²) >= 11 is 0. The molecule has 10 nitrogen and oxygen atoms in total. The average molecular weight is 557 g/mol. The van der Waals surface area contributed by atoms with Crippen LogP contribution in [-0.4, -0.2) is 47.6 Å². The number of hydrogen-bond donors (Lipinski definition) is 4. The number of ether oxygens (including phenoxy) is 2. The van der Waals surface area contributed by atoms with Gasteiger partial charge in [0.2, 0.25) is 5.91 Å². The lowest BCUT2D eigenvalue weighted by atomic mass is 10.0. The summed E-state index contributed by atoms with van der Waals surface area (Å²) in [5.74, 6) is -1.70. The van der Waals surface area contributed by atoms with E-state index in [1.807, 2.05) is 24.3 Å². The standard InChI is InChI=1S/C31H32N4O6/c1-31(2,3)41-30(39)35-26(17-19-18-32-23-14-8-5-11-20(19)23)28(37)34-24-15-9-6-12-21(24)27(36)33-25-16-10-7-13-22(25)29(38)40-4/h5-16,18,26,32H,17H2,1-4H3,(H,33,36)(H,34,37)(H,35,39). The fraction of sp³-hybridized carbons (Fsp3) is 0.226. The Labute approximate surface area is 237 Å². The first-order valence-electron chi connectivity index (χ1n) is 13.0. The van der Waals surface area contributed by atoms with Gasteiger partial charge >= 0.3 is 12.1 Å². The van der Waals surface area contributed by atoms with Gasteiger partial charge in [-0.3, -0.25) is 9.59 Å². The van der Waals surface area contributed by atoms with Crippen molar-refractivity contribution in [1.82, 2.24) is 10.3 Å². The number of benzene rings is 3. The molecule has 0 radical (unpaired) electrons. The summed E-state index contributed by atoms with van der Waals surface area (Å²) in [6.07, 6.45) is 1.21. The lowest BCUT2D eigenvalue weighted by Crippen LogP contribution is -2.47. The molecule has 4 aromatic rings. The topological polar surface area (TPSA) is 139 Å². The largest absolute Gasteiger partial charge is 0.465 e. The molecule has 4 rings (SSSR count). The number of anilines is 2. The molecule has 0 aliphatic carbocycles.